The maximum absolute atomic E-state index is 14.5. The highest BCUT2D eigenvalue weighted by molar-refractivity contribution is 7.19. The number of hydrogen-bond acceptors (Lipinski definition) is 7. The molecule has 0 unspecified atom stereocenters. The Hall–Kier alpha value is -1.91. The van der Waals surface area contributed by atoms with E-state index in [1.165, 1.54) is 23.5 Å². The second-order valence-electron chi connectivity index (χ2n) is 7.19. The second-order valence-corrected chi connectivity index (χ2v) is 8.36. The minimum atomic E-state index is -2.41. The Balaban J connectivity index is 1.68. The van der Waals surface area contributed by atoms with Gasteiger partial charge in [0.2, 0.25) is 5.79 Å². The minimum absolute atomic E-state index is 0.0203. The van der Waals surface area contributed by atoms with Crippen LogP contribution in [0.5, 0.6) is 0 Å². The molecule has 0 amide bonds. The Bertz CT molecular complexity index is 988. The molecule has 0 radical (unpaired) electrons. The Labute approximate surface area is 170 Å². The number of rotatable bonds is 4. The van der Waals surface area contributed by atoms with E-state index < -0.39 is 42.6 Å². The van der Waals surface area contributed by atoms with Crippen LogP contribution in [0.15, 0.2) is 48.5 Å². The lowest BCUT2D eigenvalue weighted by Gasteiger charge is -2.45. The van der Waals surface area contributed by atoms with Crippen molar-refractivity contribution in [3.63, 3.8) is 0 Å². The van der Waals surface area contributed by atoms with Gasteiger partial charge in [-0.1, -0.05) is 24.3 Å². The number of benzene rings is 2. The van der Waals surface area contributed by atoms with E-state index >= 15 is 0 Å². The van der Waals surface area contributed by atoms with Crippen molar-refractivity contribution < 1.29 is 34.7 Å². The molecule has 5 N–H and O–H groups in total. The van der Waals surface area contributed by atoms with Crippen LogP contribution in [0.3, 0.4) is 0 Å². The second kappa shape index (κ2) is 7.73. The zero-order valence-electron chi connectivity index (χ0n) is 15.3. The van der Waals surface area contributed by atoms with Crippen LogP contribution in [0.1, 0.15) is 16.0 Å². The van der Waals surface area contributed by atoms with Crippen LogP contribution in [0, 0.1) is 5.82 Å². The van der Waals surface area contributed by atoms with Gasteiger partial charge in [-0.25, -0.2) is 4.39 Å². The molecule has 1 fully saturated rings. The van der Waals surface area contributed by atoms with E-state index in [4.69, 9.17) is 4.74 Å². The number of fused-ring (bicyclic) bond motifs is 1. The third-order valence-electron chi connectivity index (χ3n) is 5.27. The summed E-state index contributed by atoms with van der Waals surface area (Å²) in [5, 5.41) is 51.6. The molecule has 5 atom stereocenters. The summed E-state index contributed by atoms with van der Waals surface area (Å²) in [7, 11) is 0. The summed E-state index contributed by atoms with van der Waals surface area (Å²) in [4.78, 5) is 0.919. The van der Waals surface area contributed by atoms with E-state index in [0.717, 1.165) is 21.0 Å². The molecule has 0 saturated carbocycles. The first-order valence-corrected chi connectivity index (χ1v) is 9.96. The van der Waals surface area contributed by atoms with Gasteiger partial charge < -0.3 is 30.3 Å². The lowest BCUT2D eigenvalue weighted by molar-refractivity contribution is -0.357. The topological polar surface area (TPSA) is 110 Å². The molecular formula is C21H21FO6S. The highest BCUT2D eigenvalue weighted by Crippen LogP contribution is 2.37. The molecule has 0 bridgehead atoms. The molecule has 8 heteroatoms. The number of halogens is 1. The molecular weight excluding hydrogens is 399 g/mol. The molecule has 1 aliphatic heterocycles. The van der Waals surface area contributed by atoms with Crippen molar-refractivity contribution in [2.75, 3.05) is 6.61 Å². The predicted octanol–water partition coefficient (Wildman–Crippen LogP) is 1.25. The van der Waals surface area contributed by atoms with Gasteiger partial charge in [0.25, 0.3) is 0 Å². The molecule has 0 spiro atoms. The van der Waals surface area contributed by atoms with Crippen molar-refractivity contribution in [3.05, 3.63) is 70.4 Å². The van der Waals surface area contributed by atoms with Crippen LogP contribution in [-0.4, -0.2) is 56.6 Å². The van der Waals surface area contributed by atoms with Crippen LogP contribution < -0.4 is 0 Å². The molecule has 4 rings (SSSR count). The van der Waals surface area contributed by atoms with Gasteiger partial charge in [0.1, 0.15) is 30.2 Å². The zero-order valence-corrected chi connectivity index (χ0v) is 16.1. The average Bonchev–Trinajstić information content (AvgIpc) is 3.13. The summed E-state index contributed by atoms with van der Waals surface area (Å²) in [6, 6.07) is 13.5. The van der Waals surface area contributed by atoms with Crippen LogP contribution in [0.2, 0.25) is 0 Å². The third-order valence-corrected chi connectivity index (χ3v) is 6.38. The Morgan fingerprint density at radius 1 is 1.03 bits per heavy atom. The lowest BCUT2D eigenvalue weighted by atomic mass is 9.87. The maximum Gasteiger partial charge on any atom is 0.222 e. The summed E-state index contributed by atoms with van der Waals surface area (Å²) in [5.74, 6) is -2.89. The first kappa shape index (κ1) is 20.4. The zero-order chi connectivity index (χ0) is 20.8. The van der Waals surface area contributed by atoms with Crippen LogP contribution in [0.4, 0.5) is 4.39 Å². The van der Waals surface area contributed by atoms with Gasteiger partial charge >= 0.3 is 0 Å². The number of hydrogen-bond donors (Lipinski definition) is 5. The van der Waals surface area contributed by atoms with Crippen molar-refractivity contribution in [2.24, 2.45) is 0 Å². The van der Waals surface area contributed by atoms with Gasteiger partial charge in [0.15, 0.2) is 0 Å². The van der Waals surface area contributed by atoms with Gasteiger partial charge in [-0.05, 0) is 35.2 Å². The van der Waals surface area contributed by atoms with Gasteiger partial charge in [0.05, 0.1) is 6.61 Å². The molecule has 2 heterocycles. The summed E-state index contributed by atoms with van der Waals surface area (Å²) in [6.07, 6.45) is -6.26. The first-order valence-electron chi connectivity index (χ1n) is 9.15. The molecule has 3 aromatic rings. The first-order chi connectivity index (χ1) is 13.8. The van der Waals surface area contributed by atoms with E-state index in [9.17, 15) is 29.9 Å². The Kier molecular flexibility index (Phi) is 5.43. The fourth-order valence-electron chi connectivity index (χ4n) is 3.64. The molecule has 29 heavy (non-hydrogen) atoms. The SMILES string of the molecule is OC[C@H]1O[C@@](O)(c2ccc(F)c(Cc3cc4ccccc4s3)c2)[C@H](O)[C@@H](O)[C@@H]1O. The van der Waals surface area contributed by atoms with E-state index in [0.29, 0.717) is 0 Å². The van der Waals surface area contributed by atoms with Crippen LogP contribution in [-0.2, 0) is 16.9 Å². The van der Waals surface area contributed by atoms with Gasteiger partial charge in [0, 0.05) is 21.6 Å². The van der Waals surface area contributed by atoms with E-state index in [1.807, 2.05) is 30.3 Å². The smallest absolute Gasteiger partial charge is 0.222 e. The number of ether oxygens (including phenoxy) is 1. The van der Waals surface area contributed by atoms with Gasteiger partial charge in [-0.3, -0.25) is 0 Å². The largest absolute Gasteiger partial charge is 0.394 e. The molecule has 6 nitrogen and oxygen atoms in total. The number of aliphatic hydroxyl groups excluding tert-OH is 4. The number of aliphatic hydroxyl groups is 5. The summed E-state index contributed by atoms with van der Waals surface area (Å²) >= 11 is 1.53. The minimum Gasteiger partial charge on any atom is -0.394 e. The molecule has 0 aliphatic carbocycles. The normalized spacial score (nSPS) is 30.0. The molecule has 2 aromatic carbocycles. The number of thiophene rings is 1. The predicted molar refractivity (Wildman–Crippen MR) is 105 cm³/mol. The lowest BCUT2D eigenvalue weighted by Crippen LogP contribution is -2.63. The molecule has 1 aromatic heterocycles. The molecule has 1 aliphatic rings. The fourth-order valence-corrected chi connectivity index (χ4v) is 4.72. The Morgan fingerprint density at radius 2 is 1.79 bits per heavy atom. The van der Waals surface area contributed by atoms with Crippen molar-refractivity contribution in [1.82, 2.24) is 0 Å². The summed E-state index contributed by atoms with van der Waals surface area (Å²) in [5.41, 5.74) is 0.298. The monoisotopic (exact) mass is 420 g/mol. The van der Waals surface area contributed by atoms with E-state index in [1.54, 1.807) is 0 Å². The van der Waals surface area contributed by atoms with Crippen molar-refractivity contribution in [3.8, 4) is 0 Å². The van der Waals surface area contributed by atoms with Crippen molar-refractivity contribution in [1.29, 1.82) is 0 Å². The standard InChI is InChI=1S/C21H21FO6S/c22-15-6-5-13(21(27)20(26)19(25)18(24)16(10-23)28-21)7-12(15)9-14-8-11-3-1-2-4-17(11)29-14/h1-8,16,18-20,23-27H,9-10H2/t16-,18-,19+,20-,21+/m1/s1. The summed E-state index contributed by atoms with van der Waals surface area (Å²) < 4.78 is 20.9. The quantitative estimate of drug-likeness (QED) is 0.435. The van der Waals surface area contributed by atoms with Crippen molar-refractivity contribution >= 4 is 21.4 Å². The van der Waals surface area contributed by atoms with Crippen LogP contribution >= 0.6 is 11.3 Å². The van der Waals surface area contributed by atoms with E-state index in [2.05, 4.69) is 0 Å². The molecule has 1 saturated heterocycles. The fraction of sp³-hybridized carbons (Fsp3) is 0.333. The third kappa shape index (κ3) is 3.57. The maximum atomic E-state index is 14.5. The van der Waals surface area contributed by atoms with Gasteiger partial charge in [-0.15, -0.1) is 11.3 Å². The highest BCUT2D eigenvalue weighted by Gasteiger charge is 2.53. The highest BCUT2D eigenvalue weighted by atomic mass is 32.1. The van der Waals surface area contributed by atoms with Gasteiger partial charge in [-0.2, -0.15) is 0 Å². The molecule has 154 valence electrons. The van der Waals surface area contributed by atoms with Crippen LogP contribution in [0.25, 0.3) is 10.1 Å². The van der Waals surface area contributed by atoms with E-state index in [-0.39, 0.29) is 17.5 Å². The Morgan fingerprint density at radius 3 is 2.52 bits per heavy atom. The summed E-state index contributed by atoms with van der Waals surface area (Å²) in [6.45, 7) is -0.677. The average molecular weight is 420 g/mol. The van der Waals surface area contributed by atoms with Crippen molar-refractivity contribution in [2.45, 2.75) is 36.6 Å².